The highest BCUT2D eigenvalue weighted by Gasteiger charge is 2.33. The molecule has 1 saturated heterocycles. The number of halogens is 2. The van der Waals surface area contributed by atoms with Gasteiger partial charge in [0.1, 0.15) is 0 Å². The summed E-state index contributed by atoms with van der Waals surface area (Å²) >= 11 is 12.7. The molecule has 1 aliphatic heterocycles. The van der Waals surface area contributed by atoms with Gasteiger partial charge in [-0.2, -0.15) is 0 Å². The van der Waals surface area contributed by atoms with Crippen molar-refractivity contribution in [3.8, 4) is 0 Å². The maximum absolute atomic E-state index is 13.7. The number of benzene rings is 1. The molecular formula is C22H23Cl2N5O3. The molecule has 10 heteroatoms. The third-order valence-electron chi connectivity index (χ3n) is 5.84. The molecule has 1 atom stereocenters. The molecule has 0 radical (unpaired) electrons. The van der Waals surface area contributed by atoms with E-state index in [-0.39, 0.29) is 44.7 Å². The fourth-order valence-electron chi connectivity index (χ4n) is 4.11. The lowest BCUT2D eigenvalue weighted by Crippen LogP contribution is -2.39. The van der Waals surface area contributed by atoms with Gasteiger partial charge in [0.05, 0.1) is 33.0 Å². The number of hydrogen-bond acceptors (Lipinski definition) is 4. The number of hydrogen-bond donors (Lipinski definition) is 2. The number of H-pyrrole nitrogens is 1. The third-order valence-corrected chi connectivity index (χ3v) is 6.47. The monoisotopic (exact) mass is 475 g/mol. The Morgan fingerprint density at radius 2 is 1.91 bits per heavy atom. The average molecular weight is 476 g/mol. The van der Waals surface area contributed by atoms with Gasteiger partial charge < -0.3 is 10.2 Å². The fraction of sp³-hybridized carbons (Fsp3) is 0.364. The summed E-state index contributed by atoms with van der Waals surface area (Å²) in [7, 11) is 0. The van der Waals surface area contributed by atoms with Crippen molar-refractivity contribution < 1.29 is 9.59 Å². The lowest BCUT2D eigenvalue weighted by atomic mass is 9.97. The number of aromatic nitrogens is 3. The van der Waals surface area contributed by atoms with Crippen LogP contribution in [0, 0.1) is 13.8 Å². The van der Waals surface area contributed by atoms with Gasteiger partial charge in [0.15, 0.2) is 5.65 Å². The Kier molecular flexibility index (Phi) is 6.01. The van der Waals surface area contributed by atoms with Crippen LogP contribution in [0.3, 0.4) is 0 Å². The topological polar surface area (TPSA) is 99.6 Å². The SMILES string of the molecule is CC(=O)Nc1c(Cl)ccc(Cl)c1C(=O)N1CCCC[C@H]1c1cc2nc(C)c(C)c(=O)n2[nH]1. The van der Waals surface area contributed by atoms with Crippen LogP contribution >= 0.6 is 23.2 Å². The van der Waals surface area contributed by atoms with Crippen molar-refractivity contribution in [2.24, 2.45) is 0 Å². The van der Waals surface area contributed by atoms with E-state index in [0.29, 0.717) is 35.6 Å². The molecule has 32 heavy (non-hydrogen) atoms. The number of fused-ring (bicyclic) bond motifs is 1. The zero-order valence-electron chi connectivity index (χ0n) is 18.0. The quantitative estimate of drug-likeness (QED) is 0.590. The van der Waals surface area contributed by atoms with E-state index in [9.17, 15) is 14.4 Å². The predicted octanol–water partition coefficient (Wildman–Crippen LogP) is 4.27. The van der Waals surface area contributed by atoms with E-state index in [1.807, 2.05) is 0 Å². The summed E-state index contributed by atoms with van der Waals surface area (Å²) in [5.74, 6) is -0.692. The molecule has 1 fully saturated rings. The van der Waals surface area contributed by atoms with Crippen LogP contribution in [-0.2, 0) is 4.79 Å². The first-order valence-electron chi connectivity index (χ1n) is 10.3. The Balaban J connectivity index is 1.79. The summed E-state index contributed by atoms with van der Waals surface area (Å²) in [4.78, 5) is 44.3. The lowest BCUT2D eigenvalue weighted by molar-refractivity contribution is -0.114. The summed E-state index contributed by atoms with van der Waals surface area (Å²) in [6.07, 6.45) is 2.46. The predicted molar refractivity (Wildman–Crippen MR) is 124 cm³/mol. The highest BCUT2D eigenvalue weighted by molar-refractivity contribution is 6.39. The summed E-state index contributed by atoms with van der Waals surface area (Å²) in [6, 6.07) is 4.58. The van der Waals surface area contributed by atoms with Crippen molar-refractivity contribution in [2.45, 2.75) is 46.1 Å². The van der Waals surface area contributed by atoms with Crippen molar-refractivity contribution in [3.63, 3.8) is 0 Å². The van der Waals surface area contributed by atoms with E-state index in [4.69, 9.17) is 23.2 Å². The molecule has 0 aliphatic carbocycles. The maximum atomic E-state index is 13.7. The Hall–Kier alpha value is -2.84. The van der Waals surface area contributed by atoms with Crippen molar-refractivity contribution in [3.05, 3.63) is 61.1 Å². The van der Waals surface area contributed by atoms with Gasteiger partial charge in [-0.1, -0.05) is 23.2 Å². The van der Waals surface area contributed by atoms with Gasteiger partial charge in [-0.15, -0.1) is 0 Å². The zero-order chi connectivity index (χ0) is 23.2. The second kappa shape index (κ2) is 8.60. The molecule has 8 nitrogen and oxygen atoms in total. The van der Waals surface area contributed by atoms with Crippen LogP contribution in [-0.4, -0.2) is 37.9 Å². The molecule has 2 aromatic heterocycles. The first kappa shape index (κ1) is 22.4. The summed E-state index contributed by atoms with van der Waals surface area (Å²) in [5.41, 5.74) is 2.64. The number of aromatic amines is 1. The molecule has 2 N–H and O–H groups in total. The Morgan fingerprint density at radius 1 is 1.19 bits per heavy atom. The fourth-order valence-corrected chi connectivity index (χ4v) is 4.55. The largest absolute Gasteiger partial charge is 0.330 e. The smallest absolute Gasteiger partial charge is 0.275 e. The molecule has 0 spiro atoms. The molecule has 1 aromatic carbocycles. The van der Waals surface area contributed by atoms with Gasteiger partial charge in [-0.3, -0.25) is 19.5 Å². The molecule has 3 aromatic rings. The summed E-state index contributed by atoms with van der Waals surface area (Å²) in [5, 5.41) is 6.19. The van der Waals surface area contributed by atoms with Gasteiger partial charge in [-0.25, -0.2) is 9.50 Å². The van der Waals surface area contributed by atoms with Crippen LogP contribution in [0.25, 0.3) is 5.65 Å². The molecular weight excluding hydrogens is 453 g/mol. The van der Waals surface area contributed by atoms with Crippen molar-refractivity contribution in [1.82, 2.24) is 19.5 Å². The molecule has 4 rings (SSSR count). The number of anilines is 1. The number of nitrogens with one attached hydrogen (secondary N) is 2. The van der Waals surface area contributed by atoms with Crippen LogP contribution in [0.1, 0.15) is 59.5 Å². The summed E-state index contributed by atoms with van der Waals surface area (Å²) < 4.78 is 1.41. The van der Waals surface area contributed by atoms with Gasteiger partial charge in [-0.05, 0) is 45.2 Å². The summed E-state index contributed by atoms with van der Waals surface area (Å²) in [6.45, 7) is 5.37. The van der Waals surface area contributed by atoms with Crippen LogP contribution in [0.5, 0.6) is 0 Å². The minimum absolute atomic E-state index is 0.152. The molecule has 1 aliphatic rings. The molecule has 0 unspecified atom stereocenters. The van der Waals surface area contributed by atoms with Crippen LogP contribution in [0.4, 0.5) is 5.69 Å². The van der Waals surface area contributed by atoms with E-state index in [0.717, 1.165) is 12.8 Å². The van der Waals surface area contributed by atoms with Gasteiger partial charge >= 0.3 is 0 Å². The number of nitrogens with zero attached hydrogens (tertiary/aromatic N) is 3. The van der Waals surface area contributed by atoms with E-state index in [1.54, 1.807) is 36.9 Å². The third kappa shape index (κ3) is 3.89. The second-order valence-electron chi connectivity index (χ2n) is 8.00. The van der Waals surface area contributed by atoms with Gasteiger partial charge in [0.2, 0.25) is 5.91 Å². The van der Waals surface area contributed by atoms with Crippen LogP contribution < -0.4 is 10.9 Å². The number of carbonyl (C=O) groups is 2. The van der Waals surface area contributed by atoms with E-state index >= 15 is 0 Å². The Labute approximate surface area is 194 Å². The second-order valence-corrected chi connectivity index (χ2v) is 8.82. The minimum atomic E-state index is -0.356. The van der Waals surface area contributed by atoms with E-state index in [1.165, 1.54) is 11.4 Å². The number of amides is 2. The first-order valence-corrected chi connectivity index (χ1v) is 11.1. The number of rotatable bonds is 3. The Morgan fingerprint density at radius 3 is 2.62 bits per heavy atom. The Bertz CT molecular complexity index is 1300. The average Bonchev–Trinajstić information content (AvgIpc) is 3.18. The lowest BCUT2D eigenvalue weighted by Gasteiger charge is -2.35. The van der Waals surface area contributed by atoms with Gasteiger partial charge in [0, 0.05) is 30.8 Å². The molecule has 0 saturated carbocycles. The number of aryl methyl sites for hydroxylation is 1. The minimum Gasteiger partial charge on any atom is -0.330 e. The highest BCUT2D eigenvalue weighted by Crippen LogP contribution is 2.37. The number of likely N-dealkylation sites (tertiary alicyclic amines) is 1. The van der Waals surface area contributed by atoms with E-state index < -0.39 is 0 Å². The van der Waals surface area contributed by atoms with Crippen molar-refractivity contribution >= 4 is 46.4 Å². The van der Waals surface area contributed by atoms with E-state index in [2.05, 4.69) is 15.4 Å². The van der Waals surface area contributed by atoms with Crippen LogP contribution in [0.15, 0.2) is 23.0 Å². The molecule has 2 amide bonds. The number of carbonyl (C=O) groups excluding carboxylic acids is 2. The standard InChI is InChI=1S/C22H23Cl2N5O3/c1-11-12(2)25-18-10-16(27-29(18)21(11)31)17-6-4-5-9-28(17)22(32)19-14(23)7-8-15(24)20(19)26-13(3)30/h7-8,10,17,27H,4-6,9H2,1-3H3,(H,26,30)/t17-/m0/s1. The van der Waals surface area contributed by atoms with Gasteiger partial charge in [0.25, 0.3) is 11.5 Å². The molecule has 3 heterocycles. The highest BCUT2D eigenvalue weighted by atomic mass is 35.5. The normalized spacial score (nSPS) is 16.4. The molecule has 168 valence electrons. The van der Waals surface area contributed by atoms with Crippen molar-refractivity contribution in [1.29, 1.82) is 0 Å². The molecule has 0 bridgehead atoms. The first-order chi connectivity index (χ1) is 15.2. The van der Waals surface area contributed by atoms with Crippen LogP contribution in [0.2, 0.25) is 10.0 Å². The number of piperidine rings is 1. The van der Waals surface area contributed by atoms with Crippen molar-refractivity contribution in [2.75, 3.05) is 11.9 Å². The zero-order valence-corrected chi connectivity index (χ0v) is 19.5. The maximum Gasteiger partial charge on any atom is 0.275 e.